The average Bonchev–Trinajstić information content (AvgIpc) is 3.08. The van der Waals surface area contributed by atoms with Crippen LogP contribution in [0.25, 0.3) is 0 Å². The van der Waals surface area contributed by atoms with Crippen molar-refractivity contribution in [1.29, 1.82) is 0 Å². The smallest absolute Gasteiger partial charge is 0.269 e. The quantitative estimate of drug-likeness (QED) is 0.0889. The van der Waals surface area contributed by atoms with Crippen LogP contribution in [0.15, 0.2) is 158 Å². The summed E-state index contributed by atoms with van der Waals surface area (Å²) in [4.78, 5) is 21.6. The third-order valence-corrected chi connectivity index (χ3v) is 7.55. The number of ether oxygens (including phenoxy) is 2. The van der Waals surface area contributed by atoms with Crippen molar-refractivity contribution in [2.75, 3.05) is 0 Å². The standard InChI is InChI=1S/C37H26N2O6/c40-38(41)29-19-23-31(24-20-29)44-35-17-9-7-15-33(35)37(27-11-3-1-4-12-27,28-13-5-2-6-14-28)34-16-8-10-18-36(34)45-32-25-21-30(22-26-32)39(42)43/h1-26H. The van der Waals surface area contributed by atoms with Crippen molar-refractivity contribution in [3.63, 3.8) is 0 Å². The van der Waals surface area contributed by atoms with Gasteiger partial charge in [-0.3, -0.25) is 20.2 Å². The van der Waals surface area contributed by atoms with Crippen molar-refractivity contribution in [2.45, 2.75) is 5.41 Å². The normalized spacial score (nSPS) is 11.0. The van der Waals surface area contributed by atoms with Gasteiger partial charge >= 0.3 is 0 Å². The molecule has 0 heterocycles. The fraction of sp³-hybridized carbons (Fsp3) is 0.0270. The zero-order valence-electron chi connectivity index (χ0n) is 23.9. The second-order valence-corrected chi connectivity index (χ2v) is 10.2. The molecule has 0 saturated heterocycles. The van der Waals surface area contributed by atoms with Crippen molar-refractivity contribution in [3.8, 4) is 23.0 Å². The maximum atomic E-state index is 11.3. The minimum atomic E-state index is -0.975. The van der Waals surface area contributed by atoms with E-state index < -0.39 is 15.3 Å². The van der Waals surface area contributed by atoms with Gasteiger partial charge in [0.15, 0.2) is 0 Å². The molecule has 0 spiro atoms. The second-order valence-electron chi connectivity index (χ2n) is 10.2. The molecule has 6 aromatic carbocycles. The van der Waals surface area contributed by atoms with Crippen molar-refractivity contribution < 1.29 is 19.3 Å². The van der Waals surface area contributed by atoms with E-state index in [2.05, 4.69) is 24.3 Å². The number of nitro benzene ring substituents is 2. The fourth-order valence-electron chi connectivity index (χ4n) is 5.57. The van der Waals surface area contributed by atoms with E-state index in [1.807, 2.05) is 84.9 Å². The Kier molecular flexibility index (Phi) is 8.02. The summed E-state index contributed by atoms with van der Waals surface area (Å²) in [5.74, 6) is 1.98. The maximum absolute atomic E-state index is 11.3. The minimum absolute atomic E-state index is 0.0316. The number of para-hydroxylation sites is 2. The Morgan fingerprint density at radius 3 is 1.11 bits per heavy atom. The van der Waals surface area contributed by atoms with E-state index in [-0.39, 0.29) is 11.4 Å². The molecule has 0 aliphatic rings. The molecule has 0 atom stereocenters. The molecule has 0 amide bonds. The van der Waals surface area contributed by atoms with E-state index in [0.717, 1.165) is 22.3 Å². The SMILES string of the molecule is O=[N+]([O-])c1ccc(Oc2ccccc2C(c2ccccc2)(c2ccccc2)c2ccccc2Oc2ccc([N+](=O)[O-])cc2)cc1. The Morgan fingerprint density at radius 1 is 0.422 bits per heavy atom. The van der Waals surface area contributed by atoms with Gasteiger partial charge < -0.3 is 9.47 Å². The molecular weight excluding hydrogens is 568 g/mol. The first-order valence-corrected chi connectivity index (χ1v) is 14.1. The average molecular weight is 595 g/mol. The summed E-state index contributed by atoms with van der Waals surface area (Å²) in [6.45, 7) is 0. The lowest BCUT2D eigenvalue weighted by molar-refractivity contribution is -0.385. The zero-order chi connectivity index (χ0) is 31.2. The lowest BCUT2D eigenvalue weighted by Gasteiger charge is -2.38. The molecule has 0 N–H and O–H groups in total. The van der Waals surface area contributed by atoms with Crippen LogP contribution < -0.4 is 9.47 Å². The van der Waals surface area contributed by atoms with Gasteiger partial charge in [-0.05, 0) is 47.5 Å². The minimum Gasteiger partial charge on any atom is -0.457 e. The highest BCUT2D eigenvalue weighted by Gasteiger charge is 2.42. The van der Waals surface area contributed by atoms with Gasteiger partial charge in [0, 0.05) is 35.4 Å². The van der Waals surface area contributed by atoms with Crippen LogP contribution in [0.3, 0.4) is 0 Å². The molecule has 0 fully saturated rings. The lowest BCUT2D eigenvalue weighted by Crippen LogP contribution is -2.32. The van der Waals surface area contributed by atoms with Crippen molar-refractivity contribution >= 4 is 11.4 Å². The Morgan fingerprint density at radius 2 is 0.756 bits per heavy atom. The van der Waals surface area contributed by atoms with Crippen LogP contribution in [0.2, 0.25) is 0 Å². The molecule has 8 nitrogen and oxygen atoms in total. The Balaban J connectivity index is 1.60. The van der Waals surface area contributed by atoms with Crippen LogP contribution in [0.5, 0.6) is 23.0 Å². The fourth-order valence-corrected chi connectivity index (χ4v) is 5.57. The summed E-state index contributed by atoms with van der Waals surface area (Å²) in [6, 6.07) is 47.4. The summed E-state index contributed by atoms with van der Waals surface area (Å²) in [5, 5.41) is 22.5. The monoisotopic (exact) mass is 594 g/mol. The van der Waals surface area contributed by atoms with Gasteiger partial charge in [0.1, 0.15) is 23.0 Å². The van der Waals surface area contributed by atoms with E-state index in [4.69, 9.17) is 9.47 Å². The highest BCUT2D eigenvalue weighted by atomic mass is 16.6. The Hall–Kier alpha value is -6.28. The molecule has 0 aliphatic heterocycles. The second kappa shape index (κ2) is 12.5. The highest BCUT2D eigenvalue weighted by molar-refractivity contribution is 5.66. The number of nitrogens with zero attached hydrogens (tertiary/aromatic N) is 2. The largest absolute Gasteiger partial charge is 0.457 e. The van der Waals surface area contributed by atoms with E-state index >= 15 is 0 Å². The van der Waals surface area contributed by atoms with Gasteiger partial charge in [0.05, 0.1) is 15.3 Å². The number of nitro groups is 2. The Bertz CT molecular complexity index is 1800. The number of hydrogen-bond donors (Lipinski definition) is 0. The highest BCUT2D eigenvalue weighted by Crippen LogP contribution is 2.52. The summed E-state index contributed by atoms with van der Waals surface area (Å²) in [6.07, 6.45) is 0. The first-order valence-electron chi connectivity index (χ1n) is 14.1. The van der Waals surface area contributed by atoms with Crippen molar-refractivity contribution in [2.24, 2.45) is 0 Å². The third kappa shape index (κ3) is 5.72. The molecule has 0 radical (unpaired) electrons. The van der Waals surface area contributed by atoms with Crippen LogP contribution in [-0.4, -0.2) is 9.85 Å². The van der Waals surface area contributed by atoms with Gasteiger partial charge in [-0.1, -0.05) is 97.1 Å². The molecule has 6 aromatic rings. The number of benzene rings is 6. The number of hydrogen-bond acceptors (Lipinski definition) is 6. The van der Waals surface area contributed by atoms with E-state index in [9.17, 15) is 20.2 Å². The molecule has 8 heteroatoms. The van der Waals surface area contributed by atoms with Crippen LogP contribution in [-0.2, 0) is 5.41 Å². The molecule has 0 saturated carbocycles. The number of non-ortho nitro benzene ring substituents is 2. The predicted molar refractivity (Wildman–Crippen MR) is 171 cm³/mol. The zero-order valence-corrected chi connectivity index (χ0v) is 23.9. The van der Waals surface area contributed by atoms with E-state index in [0.29, 0.717) is 23.0 Å². The Labute approximate surface area is 259 Å². The summed E-state index contributed by atoms with van der Waals surface area (Å²) in [7, 11) is 0. The van der Waals surface area contributed by atoms with E-state index in [1.54, 1.807) is 24.3 Å². The molecule has 0 bridgehead atoms. The maximum Gasteiger partial charge on any atom is 0.269 e. The molecule has 0 aliphatic carbocycles. The molecule has 0 aromatic heterocycles. The molecular formula is C37H26N2O6. The van der Waals surface area contributed by atoms with Crippen LogP contribution in [0, 0.1) is 20.2 Å². The first kappa shape index (κ1) is 28.8. The first-order chi connectivity index (χ1) is 22.0. The van der Waals surface area contributed by atoms with E-state index in [1.165, 1.54) is 24.3 Å². The van der Waals surface area contributed by atoms with Crippen molar-refractivity contribution in [3.05, 3.63) is 200 Å². The molecule has 0 unspecified atom stereocenters. The lowest BCUT2D eigenvalue weighted by atomic mass is 9.64. The van der Waals surface area contributed by atoms with Gasteiger partial charge in [-0.25, -0.2) is 0 Å². The molecule has 220 valence electrons. The van der Waals surface area contributed by atoms with Crippen LogP contribution in [0.4, 0.5) is 11.4 Å². The summed E-state index contributed by atoms with van der Waals surface area (Å²) >= 11 is 0. The number of rotatable bonds is 10. The van der Waals surface area contributed by atoms with Crippen LogP contribution in [0.1, 0.15) is 22.3 Å². The molecule has 45 heavy (non-hydrogen) atoms. The van der Waals surface area contributed by atoms with Crippen molar-refractivity contribution in [1.82, 2.24) is 0 Å². The summed E-state index contributed by atoms with van der Waals surface area (Å²) < 4.78 is 13.0. The van der Waals surface area contributed by atoms with Gasteiger partial charge in [-0.15, -0.1) is 0 Å². The summed E-state index contributed by atoms with van der Waals surface area (Å²) in [5.41, 5.74) is 2.45. The van der Waals surface area contributed by atoms with Gasteiger partial charge in [0.25, 0.3) is 11.4 Å². The molecule has 6 rings (SSSR count). The third-order valence-electron chi connectivity index (χ3n) is 7.55. The van der Waals surface area contributed by atoms with Crippen LogP contribution >= 0.6 is 0 Å². The predicted octanol–water partition coefficient (Wildman–Crippen LogP) is 9.47. The van der Waals surface area contributed by atoms with Gasteiger partial charge in [0.2, 0.25) is 0 Å². The topological polar surface area (TPSA) is 105 Å². The van der Waals surface area contributed by atoms with Gasteiger partial charge in [-0.2, -0.15) is 0 Å².